The zero-order valence-electron chi connectivity index (χ0n) is 16.5. The summed E-state index contributed by atoms with van der Waals surface area (Å²) in [7, 11) is -3.17. The Labute approximate surface area is 181 Å². The van der Waals surface area contributed by atoms with Crippen LogP contribution in [0.4, 0.5) is 24.7 Å². The number of halogens is 3. The SMILES string of the molecule is COc1cc(C(F)(F)F)ccc1N(c1cccnn1)S(=O)(=O)c1ccc2cnccc2c1. The second kappa shape index (κ2) is 8.08. The largest absolute Gasteiger partial charge is 0.495 e. The van der Waals surface area contributed by atoms with Gasteiger partial charge in [-0.1, -0.05) is 6.07 Å². The Kier molecular flexibility index (Phi) is 5.43. The molecule has 7 nitrogen and oxygen atoms in total. The van der Waals surface area contributed by atoms with E-state index in [0.29, 0.717) is 5.39 Å². The van der Waals surface area contributed by atoms with Crippen molar-refractivity contribution in [1.29, 1.82) is 0 Å². The number of aromatic nitrogens is 3. The Hall–Kier alpha value is -3.73. The Morgan fingerprint density at radius 2 is 1.78 bits per heavy atom. The lowest BCUT2D eigenvalue weighted by molar-refractivity contribution is -0.137. The number of nitrogens with zero attached hydrogens (tertiary/aromatic N) is 4. The zero-order chi connectivity index (χ0) is 22.9. The molecule has 0 N–H and O–H groups in total. The highest BCUT2D eigenvalue weighted by atomic mass is 32.2. The number of benzene rings is 2. The lowest BCUT2D eigenvalue weighted by Crippen LogP contribution is -2.28. The molecule has 0 saturated carbocycles. The summed E-state index contributed by atoms with van der Waals surface area (Å²) in [6, 6.07) is 11.5. The molecule has 4 aromatic rings. The van der Waals surface area contributed by atoms with Crippen molar-refractivity contribution in [1.82, 2.24) is 15.2 Å². The maximum atomic E-state index is 13.7. The van der Waals surface area contributed by atoms with Crippen molar-refractivity contribution in [2.45, 2.75) is 11.1 Å². The fraction of sp³-hybridized carbons (Fsp3) is 0.0952. The molecule has 0 saturated heterocycles. The molecule has 0 aliphatic carbocycles. The van der Waals surface area contributed by atoms with Gasteiger partial charge in [-0.25, -0.2) is 12.7 Å². The van der Waals surface area contributed by atoms with Gasteiger partial charge in [0.2, 0.25) is 0 Å². The highest BCUT2D eigenvalue weighted by molar-refractivity contribution is 7.93. The summed E-state index contributed by atoms with van der Waals surface area (Å²) in [6.45, 7) is 0. The minimum atomic E-state index is -4.63. The lowest BCUT2D eigenvalue weighted by Gasteiger charge is -2.25. The number of alkyl halides is 3. The molecule has 0 spiro atoms. The number of ether oxygens (including phenoxy) is 1. The van der Waals surface area contributed by atoms with Gasteiger partial charge in [-0.2, -0.15) is 18.3 Å². The number of hydrogen-bond acceptors (Lipinski definition) is 6. The van der Waals surface area contributed by atoms with Gasteiger partial charge in [0.1, 0.15) is 11.4 Å². The summed E-state index contributed by atoms with van der Waals surface area (Å²) in [5, 5.41) is 8.93. The van der Waals surface area contributed by atoms with Gasteiger partial charge >= 0.3 is 6.18 Å². The Bertz CT molecular complexity index is 1380. The zero-order valence-corrected chi connectivity index (χ0v) is 17.3. The third-order valence-corrected chi connectivity index (χ3v) is 6.36. The number of fused-ring (bicyclic) bond motifs is 1. The van der Waals surface area contributed by atoms with Crippen molar-refractivity contribution < 1.29 is 26.3 Å². The first-order chi connectivity index (χ1) is 15.2. The number of rotatable bonds is 5. The van der Waals surface area contributed by atoms with Crippen LogP contribution in [-0.2, 0) is 16.2 Å². The third-order valence-electron chi connectivity index (χ3n) is 4.64. The summed E-state index contributed by atoms with van der Waals surface area (Å²) < 4.78 is 72.9. The molecule has 4 rings (SSSR count). The van der Waals surface area contributed by atoms with Gasteiger partial charge in [0.15, 0.2) is 5.82 Å². The van der Waals surface area contributed by atoms with E-state index in [4.69, 9.17) is 4.74 Å². The Morgan fingerprint density at radius 3 is 2.47 bits per heavy atom. The predicted molar refractivity (Wildman–Crippen MR) is 111 cm³/mol. The van der Waals surface area contributed by atoms with Crippen LogP contribution in [-0.4, -0.2) is 30.7 Å². The molecule has 2 aromatic carbocycles. The highest BCUT2D eigenvalue weighted by Crippen LogP contribution is 2.41. The standard InChI is InChI=1S/C21H15F3N4O3S/c1-31-19-12-16(21(22,23)24)5-7-18(19)28(20-3-2-9-26-27-20)32(29,30)17-6-4-15-13-25-10-8-14(15)11-17/h2-13H,1H3. The van der Waals surface area contributed by atoms with Crippen molar-refractivity contribution in [3.05, 3.63) is 78.8 Å². The van der Waals surface area contributed by atoms with Gasteiger partial charge in [0.05, 0.1) is 17.6 Å². The van der Waals surface area contributed by atoms with E-state index in [-0.39, 0.29) is 22.2 Å². The van der Waals surface area contributed by atoms with Crippen LogP contribution in [0.3, 0.4) is 0 Å². The van der Waals surface area contributed by atoms with E-state index in [1.165, 1.54) is 36.7 Å². The van der Waals surface area contributed by atoms with Crippen LogP contribution < -0.4 is 9.04 Å². The summed E-state index contributed by atoms with van der Waals surface area (Å²) in [6.07, 6.45) is -0.168. The van der Waals surface area contributed by atoms with Crippen LogP contribution in [0.15, 0.2) is 78.1 Å². The molecule has 0 unspecified atom stereocenters. The van der Waals surface area contributed by atoms with E-state index in [0.717, 1.165) is 35.0 Å². The maximum Gasteiger partial charge on any atom is 0.416 e. The number of methoxy groups -OCH3 is 1. The average Bonchev–Trinajstić information content (AvgIpc) is 2.79. The topological polar surface area (TPSA) is 85.3 Å². The smallest absolute Gasteiger partial charge is 0.416 e. The van der Waals surface area contributed by atoms with Gasteiger partial charge in [-0.05, 0) is 53.9 Å². The van der Waals surface area contributed by atoms with Gasteiger partial charge in [0, 0.05) is 24.0 Å². The first kappa shape index (κ1) is 21.5. The fourth-order valence-electron chi connectivity index (χ4n) is 3.13. The quantitative estimate of drug-likeness (QED) is 0.434. The van der Waals surface area contributed by atoms with Gasteiger partial charge < -0.3 is 4.74 Å². The Balaban J connectivity index is 1.94. The molecule has 2 aromatic heterocycles. The second-order valence-corrected chi connectivity index (χ2v) is 8.41. The number of anilines is 2. The number of hydrogen-bond donors (Lipinski definition) is 0. The molecule has 0 amide bonds. The summed E-state index contributed by atoms with van der Waals surface area (Å²) in [5.41, 5.74) is -1.12. The van der Waals surface area contributed by atoms with Gasteiger partial charge in [-0.15, -0.1) is 5.10 Å². The first-order valence-corrected chi connectivity index (χ1v) is 10.6. The van der Waals surface area contributed by atoms with Crippen LogP contribution in [0.2, 0.25) is 0 Å². The van der Waals surface area contributed by atoms with E-state index in [1.807, 2.05) is 0 Å². The highest BCUT2D eigenvalue weighted by Gasteiger charge is 2.35. The van der Waals surface area contributed by atoms with E-state index in [2.05, 4.69) is 15.2 Å². The minimum absolute atomic E-state index is 0.0937. The molecule has 0 aliphatic heterocycles. The predicted octanol–water partition coefficient (Wildman–Crippen LogP) is 4.58. The van der Waals surface area contributed by atoms with Crippen LogP contribution in [0.1, 0.15) is 5.56 Å². The first-order valence-electron chi connectivity index (χ1n) is 9.14. The van der Waals surface area contributed by atoms with E-state index in [1.54, 1.807) is 18.3 Å². The summed E-state index contributed by atoms with van der Waals surface area (Å²) in [4.78, 5) is 3.91. The molecule has 2 heterocycles. The second-order valence-electron chi connectivity index (χ2n) is 6.62. The van der Waals surface area contributed by atoms with Crippen LogP contribution in [0.5, 0.6) is 5.75 Å². The van der Waals surface area contributed by atoms with Gasteiger partial charge in [-0.3, -0.25) is 4.98 Å². The lowest BCUT2D eigenvalue weighted by atomic mass is 10.2. The molecule has 0 aliphatic rings. The summed E-state index contributed by atoms with van der Waals surface area (Å²) in [5.74, 6) is -0.403. The monoisotopic (exact) mass is 460 g/mol. The Morgan fingerprint density at radius 1 is 0.969 bits per heavy atom. The van der Waals surface area contributed by atoms with Crippen LogP contribution in [0, 0.1) is 0 Å². The molecule has 0 atom stereocenters. The normalized spacial score (nSPS) is 12.0. The van der Waals surface area contributed by atoms with Crippen molar-refractivity contribution in [2.24, 2.45) is 0 Å². The van der Waals surface area contributed by atoms with Crippen molar-refractivity contribution in [2.75, 3.05) is 11.4 Å². The molecule has 11 heteroatoms. The van der Waals surface area contributed by atoms with Crippen molar-refractivity contribution in [3.8, 4) is 5.75 Å². The van der Waals surface area contributed by atoms with E-state index < -0.39 is 21.8 Å². The van der Waals surface area contributed by atoms with Gasteiger partial charge in [0.25, 0.3) is 10.0 Å². The molecule has 0 radical (unpaired) electrons. The molecular formula is C21H15F3N4O3S. The molecule has 0 bridgehead atoms. The average molecular weight is 460 g/mol. The molecule has 164 valence electrons. The fourth-order valence-corrected chi connectivity index (χ4v) is 4.61. The number of sulfonamides is 1. The molecule has 32 heavy (non-hydrogen) atoms. The summed E-state index contributed by atoms with van der Waals surface area (Å²) >= 11 is 0. The minimum Gasteiger partial charge on any atom is -0.495 e. The van der Waals surface area contributed by atoms with Crippen molar-refractivity contribution >= 4 is 32.3 Å². The molecule has 0 fully saturated rings. The maximum absolute atomic E-state index is 13.7. The molecular weight excluding hydrogens is 445 g/mol. The van der Waals surface area contributed by atoms with Crippen LogP contribution >= 0.6 is 0 Å². The third kappa shape index (κ3) is 3.94. The van der Waals surface area contributed by atoms with Crippen molar-refractivity contribution in [3.63, 3.8) is 0 Å². The van der Waals surface area contributed by atoms with Crippen LogP contribution in [0.25, 0.3) is 10.8 Å². The van der Waals surface area contributed by atoms with E-state index in [9.17, 15) is 21.6 Å². The van der Waals surface area contributed by atoms with E-state index >= 15 is 0 Å². The number of pyridine rings is 1.